The molecule has 0 aromatic carbocycles. The molecule has 0 aliphatic heterocycles. The second-order valence-corrected chi connectivity index (χ2v) is 6.12. The molecule has 0 aromatic rings. The van der Waals surface area contributed by atoms with E-state index in [2.05, 4.69) is 30.8 Å². The van der Waals surface area contributed by atoms with Crippen molar-refractivity contribution in [3.05, 3.63) is 0 Å². The lowest BCUT2D eigenvalue weighted by atomic mass is 9.76. The number of hydrogen-bond donors (Lipinski definition) is 1. The van der Waals surface area contributed by atoms with Gasteiger partial charge in [0.1, 0.15) is 0 Å². The number of alkyl carbamates (subject to hydrolysis) is 1. The van der Waals surface area contributed by atoms with Crippen molar-refractivity contribution in [2.45, 2.75) is 58.9 Å². The minimum Gasteiger partial charge on any atom is -0.453 e. The SMILES string of the molecule is COC(=O)NC1CCC(CC(C)(C)C)CC1. The fraction of sp³-hybridized carbons (Fsp3) is 0.923. The van der Waals surface area contributed by atoms with E-state index in [1.807, 2.05) is 0 Å². The number of ether oxygens (including phenoxy) is 1. The van der Waals surface area contributed by atoms with Crippen LogP contribution in [0.4, 0.5) is 4.79 Å². The Morgan fingerprint density at radius 1 is 1.25 bits per heavy atom. The predicted octanol–water partition coefficient (Wildman–Crippen LogP) is 3.34. The highest BCUT2D eigenvalue weighted by Crippen LogP contribution is 2.34. The summed E-state index contributed by atoms with van der Waals surface area (Å²) in [5, 5.41) is 2.89. The molecule has 1 fully saturated rings. The van der Waals surface area contributed by atoms with Crippen molar-refractivity contribution in [3.8, 4) is 0 Å². The molecular weight excluding hydrogens is 202 g/mol. The molecule has 3 nitrogen and oxygen atoms in total. The molecule has 3 heteroatoms. The van der Waals surface area contributed by atoms with Crippen molar-refractivity contribution in [1.29, 1.82) is 0 Å². The average molecular weight is 227 g/mol. The lowest BCUT2D eigenvalue weighted by Gasteiger charge is -2.32. The van der Waals surface area contributed by atoms with E-state index < -0.39 is 0 Å². The Morgan fingerprint density at radius 3 is 2.25 bits per heavy atom. The monoisotopic (exact) mass is 227 g/mol. The second-order valence-electron chi connectivity index (χ2n) is 6.12. The van der Waals surface area contributed by atoms with Crippen molar-refractivity contribution in [3.63, 3.8) is 0 Å². The van der Waals surface area contributed by atoms with E-state index in [4.69, 9.17) is 0 Å². The van der Waals surface area contributed by atoms with Crippen LogP contribution in [0.15, 0.2) is 0 Å². The van der Waals surface area contributed by atoms with Gasteiger partial charge in [-0.05, 0) is 43.4 Å². The zero-order chi connectivity index (χ0) is 12.2. The van der Waals surface area contributed by atoms with E-state index in [0.717, 1.165) is 18.8 Å². The highest BCUT2D eigenvalue weighted by atomic mass is 16.5. The first-order chi connectivity index (χ1) is 7.40. The summed E-state index contributed by atoms with van der Waals surface area (Å²) in [6.07, 6.45) is 5.64. The Morgan fingerprint density at radius 2 is 1.81 bits per heavy atom. The molecule has 1 N–H and O–H groups in total. The standard InChI is InChI=1S/C13H25NO2/c1-13(2,3)9-10-5-7-11(8-6-10)14-12(15)16-4/h10-11H,5-9H2,1-4H3,(H,14,15). The van der Waals surface area contributed by atoms with Crippen molar-refractivity contribution in [1.82, 2.24) is 5.32 Å². The number of carbonyl (C=O) groups is 1. The molecule has 94 valence electrons. The molecule has 0 aromatic heterocycles. The Hall–Kier alpha value is -0.730. The van der Waals surface area contributed by atoms with Crippen LogP contribution >= 0.6 is 0 Å². The first-order valence-corrected chi connectivity index (χ1v) is 6.25. The van der Waals surface area contributed by atoms with Crippen molar-refractivity contribution in [2.75, 3.05) is 7.11 Å². The van der Waals surface area contributed by atoms with Gasteiger partial charge < -0.3 is 10.1 Å². The highest BCUT2D eigenvalue weighted by Gasteiger charge is 2.25. The van der Waals surface area contributed by atoms with Gasteiger partial charge in [-0.15, -0.1) is 0 Å². The topological polar surface area (TPSA) is 38.3 Å². The Kier molecular flexibility index (Phi) is 4.63. The number of methoxy groups -OCH3 is 1. The molecule has 0 bridgehead atoms. The van der Waals surface area contributed by atoms with E-state index in [1.165, 1.54) is 26.4 Å². The molecule has 1 aliphatic rings. The van der Waals surface area contributed by atoms with Crippen LogP contribution in [0.5, 0.6) is 0 Å². The Labute approximate surface area is 98.9 Å². The van der Waals surface area contributed by atoms with E-state index in [9.17, 15) is 4.79 Å². The van der Waals surface area contributed by atoms with Gasteiger partial charge in [0.2, 0.25) is 0 Å². The van der Waals surface area contributed by atoms with Gasteiger partial charge in [-0.25, -0.2) is 4.79 Å². The molecule has 1 aliphatic carbocycles. The molecular formula is C13H25NO2. The Bertz CT molecular complexity index is 225. The van der Waals surface area contributed by atoms with Gasteiger partial charge >= 0.3 is 6.09 Å². The van der Waals surface area contributed by atoms with Gasteiger partial charge in [0, 0.05) is 6.04 Å². The summed E-state index contributed by atoms with van der Waals surface area (Å²) in [5.74, 6) is 0.829. The Balaban J connectivity index is 2.26. The number of rotatable bonds is 2. The third-order valence-corrected chi connectivity index (χ3v) is 3.26. The number of hydrogen-bond acceptors (Lipinski definition) is 2. The van der Waals surface area contributed by atoms with Crippen molar-refractivity contribution in [2.24, 2.45) is 11.3 Å². The normalized spacial score (nSPS) is 26.2. The second kappa shape index (κ2) is 5.55. The van der Waals surface area contributed by atoms with E-state index in [-0.39, 0.29) is 6.09 Å². The van der Waals surface area contributed by atoms with Gasteiger partial charge in [0.25, 0.3) is 0 Å². The third-order valence-electron chi connectivity index (χ3n) is 3.26. The molecule has 1 rings (SSSR count). The lowest BCUT2D eigenvalue weighted by Crippen LogP contribution is -2.37. The summed E-state index contributed by atoms with van der Waals surface area (Å²) in [4.78, 5) is 11.1. The maximum atomic E-state index is 11.1. The molecule has 0 radical (unpaired) electrons. The first-order valence-electron chi connectivity index (χ1n) is 6.25. The van der Waals surface area contributed by atoms with Crippen LogP contribution in [-0.2, 0) is 4.74 Å². The maximum absolute atomic E-state index is 11.1. The van der Waals surface area contributed by atoms with Crippen LogP contribution in [0, 0.1) is 11.3 Å². The average Bonchev–Trinajstić information content (AvgIpc) is 2.18. The summed E-state index contributed by atoms with van der Waals surface area (Å²) in [5.41, 5.74) is 0.424. The van der Waals surface area contributed by atoms with E-state index in [0.29, 0.717) is 11.5 Å². The molecule has 0 atom stereocenters. The van der Waals surface area contributed by atoms with Crippen LogP contribution in [0.2, 0.25) is 0 Å². The molecule has 1 amide bonds. The summed E-state index contributed by atoms with van der Waals surface area (Å²) < 4.78 is 4.61. The van der Waals surface area contributed by atoms with Crippen LogP contribution in [-0.4, -0.2) is 19.2 Å². The molecule has 1 saturated carbocycles. The van der Waals surface area contributed by atoms with Crippen molar-refractivity contribution < 1.29 is 9.53 Å². The van der Waals surface area contributed by atoms with Gasteiger partial charge in [-0.3, -0.25) is 0 Å². The fourth-order valence-electron chi connectivity index (χ4n) is 2.60. The zero-order valence-corrected chi connectivity index (χ0v) is 11.0. The van der Waals surface area contributed by atoms with Crippen LogP contribution < -0.4 is 5.32 Å². The first kappa shape index (κ1) is 13.3. The molecule has 0 heterocycles. The largest absolute Gasteiger partial charge is 0.453 e. The predicted molar refractivity (Wildman–Crippen MR) is 65.4 cm³/mol. The summed E-state index contributed by atoms with van der Waals surface area (Å²) in [6.45, 7) is 6.89. The molecule has 0 saturated heterocycles. The summed E-state index contributed by atoms with van der Waals surface area (Å²) in [7, 11) is 1.42. The zero-order valence-electron chi connectivity index (χ0n) is 11.0. The summed E-state index contributed by atoms with van der Waals surface area (Å²) >= 11 is 0. The third kappa shape index (κ3) is 4.86. The van der Waals surface area contributed by atoms with Gasteiger partial charge in [-0.1, -0.05) is 20.8 Å². The smallest absolute Gasteiger partial charge is 0.407 e. The van der Waals surface area contributed by atoms with Crippen LogP contribution in [0.3, 0.4) is 0 Å². The molecule has 0 unspecified atom stereocenters. The number of carbonyl (C=O) groups excluding carboxylic acids is 1. The van der Waals surface area contributed by atoms with Crippen LogP contribution in [0.1, 0.15) is 52.9 Å². The number of amides is 1. The minimum atomic E-state index is -0.292. The fourth-order valence-corrected chi connectivity index (χ4v) is 2.60. The lowest BCUT2D eigenvalue weighted by molar-refractivity contribution is 0.156. The van der Waals surface area contributed by atoms with Crippen LogP contribution in [0.25, 0.3) is 0 Å². The van der Waals surface area contributed by atoms with Crippen molar-refractivity contribution >= 4 is 6.09 Å². The quantitative estimate of drug-likeness (QED) is 0.785. The van der Waals surface area contributed by atoms with E-state index >= 15 is 0 Å². The van der Waals surface area contributed by atoms with E-state index in [1.54, 1.807) is 0 Å². The molecule has 16 heavy (non-hydrogen) atoms. The van der Waals surface area contributed by atoms with Gasteiger partial charge in [-0.2, -0.15) is 0 Å². The van der Waals surface area contributed by atoms with Gasteiger partial charge in [0.05, 0.1) is 7.11 Å². The highest BCUT2D eigenvalue weighted by molar-refractivity contribution is 5.67. The maximum Gasteiger partial charge on any atom is 0.407 e. The molecule has 0 spiro atoms. The van der Waals surface area contributed by atoms with Gasteiger partial charge in [0.15, 0.2) is 0 Å². The number of nitrogens with one attached hydrogen (secondary N) is 1. The minimum absolute atomic E-state index is 0.292. The summed E-state index contributed by atoms with van der Waals surface area (Å²) in [6, 6.07) is 0.323.